The van der Waals surface area contributed by atoms with Crippen LogP contribution in [0.3, 0.4) is 0 Å². The van der Waals surface area contributed by atoms with E-state index >= 15 is 0 Å². The maximum absolute atomic E-state index is 3.58. The number of benzene rings is 3. The molecule has 0 atom stereocenters. The Labute approximate surface area is 223 Å². The second-order valence-corrected chi connectivity index (χ2v) is 12.9. The van der Waals surface area contributed by atoms with Gasteiger partial charge < -0.3 is 0 Å². The van der Waals surface area contributed by atoms with Gasteiger partial charge in [-0.05, 0) is 78.5 Å². The predicted molar refractivity (Wildman–Crippen MR) is 159 cm³/mol. The molecule has 0 aliphatic rings. The van der Waals surface area contributed by atoms with Crippen molar-refractivity contribution in [2.24, 2.45) is 0 Å². The van der Waals surface area contributed by atoms with Crippen LogP contribution in [0.5, 0.6) is 0 Å². The second-order valence-electron chi connectivity index (χ2n) is 11.3. The Kier molecular flexibility index (Phi) is 6.30. The van der Waals surface area contributed by atoms with Crippen LogP contribution >= 0.6 is 22.7 Å². The molecule has 0 bridgehead atoms. The van der Waals surface area contributed by atoms with E-state index in [1.54, 1.807) is 22.7 Å². The summed E-state index contributed by atoms with van der Waals surface area (Å²) in [4.78, 5) is 0. The molecule has 36 heavy (non-hydrogen) atoms. The number of fused-ring (bicyclic) bond motifs is 2. The van der Waals surface area contributed by atoms with Crippen LogP contribution in [-0.2, 0) is 10.8 Å². The lowest BCUT2D eigenvalue weighted by molar-refractivity contribution is 0.590. The molecule has 0 spiro atoms. The highest BCUT2D eigenvalue weighted by Crippen LogP contribution is 2.37. The van der Waals surface area contributed by atoms with Gasteiger partial charge in [0.2, 0.25) is 0 Å². The molecular formula is C34H30S2. The van der Waals surface area contributed by atoms with Crippen LogP contribution in [0.4, 0.5) is 0 Å². The fourth-order valence-corrected chi connectivity index (χ4v) is 5.55. The van der Waals surface area contributed by atoms with Crippen LogP contribution in [0.2, 0.25) is 0 Å². The van der Waals surface area contributed by atoms with Gasteiger partial charge in [-0.3, -0.25) is 0 Å². The molecule has 0 nitrogen and oxygen atoms in total. The number of hydrogen-bond acceptors (Lipinski definition) is 2. The average molecular weight is 503 g/mol. The first kappa shape index (κ1) is 24.4. The lowest BCUT2D eigenvalue weighted by atomic mass is 9.81. The van der Waals surface area contributed by atoms with Crippen molar-refractivity contribution in [1.82, 2.24) is 0 Å². The third-order valence-electron chi connectivity index (χ3n) is 6.55. The summed E-state index contributed by atoms with van der Waals surface area (Å²) in [6, 6.07) is 17.9. The number of hydrogen-bond donors (Lipinski definition) is 0. The van der Waals surface area contributed by atoms with Gasteiger partial charge in [-0.1, -0.05) is 89.5 Å². The molecule has 0 N–H and O–H groups in total. The van der Waals surface area contributed by atoms with E-state index in [4.69, 9.17) is 0 Å². The molecule has 0 aliphatic carbocycles. The monoisotopic (exact) mass is 502 g/mol. The van der Waals surface area contributed by atoms with Crippen LogP contribution in [0.25, 0.3) is 21.5 Å². The standard InChI is InChI=1S/C34H30S2/c1-33(2,3)25-9-13-29-28(12-8-24-16-18-36-22-24)32-20-26(34(4,5)6)10-14-30(32)27(31(29)19-25)11-7-23-15-17-35-21-23/h9-10,13-22H,1-6H3. The summed E-state index contributed by atoms with van der Waals surface area (Å²) < 4.78 is 0. The number of thiophene rings is 2. The van der Waals surface area contributed by atoms with E-state index in [-0.39, 0.29) is 10.8 Å². The molecule has 5 aromatic rings. The van der Waals surface area contributed by atoms with Crippen LogP contribution < -0.4 is 0 Å². The molecule has 2 heteroatoms. The zero-order valence-electron chi connectivity index (χ0n) is 21.7. The summed E-state index contributed by atoms with van der Waals surface area (Å²) in [6.45, 7) is 13.6. The lowest BCUT2D eigenvalue weighted by Crippen LogP contribution is -2.11. The predicted octanol–water partition coefficient (Wildman–Crippen LogP) is 9.51. The summed E-state index contributed by atoms with van der Waals surface area (Å²) in [5.74, 6) is 14.0. The summed E-state index contributed by atoms with van der Waals surface area (Å²) in [5, 5.41) is 13.1. The zero-order valence-corrected chi connectivity index (χ0v) is 23.4. The van der Waals surface area contributed by atoms with Crippen molar-refractivity contribution < 1.29 is 0 Å². The molecule has 0 unspecified atom stereocenters. The van der Waals surface area contributed by atoms with Crippen LogP contribution in [-0.4, -0.2) is 0 Å². The van der Waals surface area contributed by atoms with Crippen LogP contribution in [0.15, 0.2) is 70.1 Å². The van der Waals surface area contributed by atoms with Gasteiger partial charge >= 0.3 is 0 Å². The van der Waals surface area contributed by atoms with Crippen molar-refractivity contribution in [2.45, 2.75) is 52.4 Å². The Bertz CT molecular complexity index is 1550. The van der Waals surface area contributed by atoms with Crippen molar-refractivity contribution in [3.63, 3.8) is 0 Å². The molecule has 0 aliphatic heterocycles. The van der Waals surface area contributed by atoms with E-state index in [2.05, 4.69) is 135 Å². The first-order chi connectivity index (χ1) is 17.1. The van der Waals surface area contributed by atoms with Crippen molar-refractivity contribution >= 4 is 44.2 Å². The molecule has 2 heterocycles. The summed E-state index contributed by atoms with van der Waals surface area (Å²) >= 11 is 3.36. The molecule has 3 aromatic carbocycles. The maximum atomic E-state index is 3.58. The van der Waals surface area contributed by atoms with Crippen LogP contribution in [0, 0.1) is 23.7 Å². The van der Waals surface area contributed by atoms with Gasteiger partial charge in [0, 0.05) is 33.0 Å². The maximum Gasteiger partial charge on any atom is 0.0406 e. The molecule has 2 aromatic heterocycles. The van der Waals surface area contributed by atoms with Gasteiger partial charge in [-0.2, -0.15) is 22.7 Å². The summed E-state index contributed by atoms with van der Waals surface area (Å²) in [7, 11) is 0. The fraction of sp³-hybridized carbons (Fsp3) is 0.235. The largest absolute Gasteiger partial charge is 0.151 e. The Morgan fingerprint density at radius 2 is 0.917 bits per heavy atom. The van der Waals surface area contributed by atoms with Crippen molar-refractivity contribution in [3.05, 3.63) is 103 Å². The summed E-state index contributed by atoms with van der Waals surface area (Å²) in [6.07, 6.45) is 0. The zero-order chi connectivity index (χ0) is 25.5. The highest BCUT2D eigenvalue weighted by Gasteiger charge is 2.20. The first-order valence-corrected chi connectivity index (χ1v) is 14.1. The minimum absolute atomic E-state index is 0.0415. The third kappa shape index (κ3) is 4.85. The van der Waals surface area contributed by atoms with E-state index in [1.807, 2.05) is 0 Å². The van der Waals surface area contributed by atoms with Crippen molar-refractivity contribution in [2.75, 3.05) is 0 Å². The third-order valence-corrected chi connectivity index (χ3v) is 7.92. The SMILES string of the molecule is CC(C)(C)c1ccc2c(C#Cc3ccsc3)c3cc(C(C)(C)C)ccc3c(C#Cc3ccsc3)c2c1. The smallest absolute Gasteiger partial charge is 0.0406 e. The Balaban J connectivity index is 1.92. The molecule has 0 radical (unpaired) electrons. The van der Waals surface area contributed by atoms with Gasteiger partial charge in [0.05, 0.1) is 0 Å². The average Bonchev–Trinajstić information content (AvgIpc) is 3.53. The molecule has 0 saturated carbocycles. The van der Waals surface area contributed by atoms with E-state index in [1.165, 1.54) is 32.7 Å². The van der Waals surface area contributed by atoms with Gasteiger partial charge in [0.1, 0.15) is 0 Å². The van der Waals surface area contributed by atoms with Gasteiger partial charge in [-0.15, -0.1) is 0 Å². The molecule has 0 fully saturated rings. The highest BCUT2D eigenvalue weighted by atomic mass is 32.1. The van der Waals surface area contributed by atoms with Gasteiger partial charge in [-0.25, -0.2) is 0 Å². The topological polar surface area (TPSA) is 0 Å². The Hall–Kier alpha value is -3.30. The van der Waals surface area contributed by atoms with Crippen molar-refractivity contribution in [3.8, 4) is 23.7 Å². The highest BCUT2D eigenvalue weighted by molar-refractivity contribution is 7.08. The Morgan fingerprint density at radius 1 is 0.500 bits per heavy atom. The van der Waals surface area contributed by atoms with E-state index in [9.17, 15) is 0 Å². The quantitative estimate of drug-likeness (QED) is 0.146. The molecule has 5 rings (SSSR count). The molecule has 0 amide bonds. The Morgan fingerprint density at radius 3 is 1.25 bits per heavy atom. The normalized spacial score (nSPS) is 11.7. The summed E-state index contributed by atoms with van der Waals surface area (Å²) in [5.41, 5.74) is 6.96. The number of rotatable bonds is 0. The van der Waals surface area contributed by atoms with Gasteiger partial charge in [0.15, 0.2) is 0 Å². The lowest BCUT2D eigenvalue weighted by Gasteiger charge is -2.22. The first-order valence-electron chi connectivity index (χ1n) is 12.2. The van der Waals surface area contributed by atoms with Gasteiger partial charge in [0.25, 0.3) is 0 Å². The van der Waals surface area contributed by atoms with Crippen molar-refractivity contribution in [1.29, 1.82) is 0 Å². The second kappa shape index (κ2) is 9.29. The van der Waals surface area contributed by atoms with Crippen LogP contribution in [0.1, 0.15) is 74.9 Å². The minimum Gasteiger partial charge on any atom is -0.151 e. The molecule has 0 saturated heterocycles. The van der Waals surface area contributed by atoms with E-state index in [0.29, 0.717) is 0 Å². The minimum atomic E-state index is 0.0415. The molecular weight excluding hydrogens is 473 g/mol. The van der Waals surface area contributed by atoms with E-state index < -0.39 is 0 Å². The van der Waals surface area contributed by atoms with E-state index in [0.717, 1.165) is 22.3 Å². The molecule has 178 valence electrons. The fourth-order valence-electron chi connectivity index (χ4n) is 4.37.